The van der Waals surface area contributed by atoms with E-state index in [-0.39, 0.29) is 36.2 Å². The number of unbranched alkanes of at least 4 members (excludes halogenated alkanes) is 2. The van der Waals surface area contributed by atoms with Crippen molar-refractivity contribution in [2.24, 2.45) is 46.3 Å². The van der Waals surface area contributed by atoms with Gasteiger partial charge in [0.2, 0.25) is 5.91 Å². The number of ether oxygens (including phenoxy) is 1. The van der Waals surface area contributed by atoms with Crippen LogP contribution >= 0.6 is 0 Å². The molecule has 4 aliphatic carbocycles. The molecule has 0 aromatic heterocycles. The second-order valence-electron chi connectivity index (χ2n) is 16.9. The largest absolute Gasteiger partial charge is 0.446 e. The van der Waals surface area contributed by atoms with E-state index < -0.39 is 0 Å². The van der Waals surface area contributed by atoms with E-state index in [0.29, 0.717) is 18.4 Å². The number of carbonyl (C=O) groups is 2. The second-order valence-corrected chi connectivity index (χ2v) is 16.9. The summed E-state index contributed by atoms with van der Waals surface area (Å²) in [5.74, 6) is 5.21. The van der Waals surface area contributed by atoms with E-state index in [0.717, 1.165) is 93.4 Å². The Morgan fingerprint density at radius 3 is 2.60 bits per heavy atom. The van der Waals surface area contributed by atoms with Crippen molar-refractivity contribution in [1.82, 2.24) is 10.2 Å². The third kappa shape index (κ3) is 7.62. The standard InChI is InChI=1S/C39H66N2O4/c1-27(2)11-9-12-28(3)33-17-18-34-32-16-15-29-25-31(19-21-38(29,4)35(32)20-22-39(33,34)5)45-37(44)40-23-8-6-7-14-36(43)41-24-10-13-30(41)26-42/h15,27-28,30-35,42H,6-14,16-26H2,1-5H3,(H,40,44)/t28-,30+,31+,32?,33-,34?,35?,38?,39-/m1/s1. The third-order valence-electron chi connectivity index (χ3n) is 13.8. The molecule has 2 amide bonds. The number of hydrogen-bond acceptors (Lipinski definition) is 4. The number of likely N-dealkylation sites (tertiary alicyclic amines) is 1. The molecule has 0 spiro atoms. The fraction of sp³-hybridized carbons (Fsp3) is 0.897. The molecule has 1 saturated heterocycles. The normalized spacial score (nSPS) is 36.6. The number of carbonyl (C=O) groups excluding carboxylic acids is 2. The quantitative estimate of drug-likeness (QED) is 0.158. The zero-order valence-corrected chi connectivity index (χ0v) is 29.5. The lowest BCUT2D eigenvalue weighted by Crippen LogP contribution is -2.51. The van der Waals surface area contributed by atoms with E-state index in [4.69, 9.17) is 4.74 Å². The summed E-state index contributed by atoms with van der Waals surface area (Å²) in [6, 6.07) is 0.00831. The fourth-order valence-electron chi connectivity index (χ4n) is 11.2. The van der Waals surface area contributed by atoms with Crippen LogP contribution in [0.1, 0.15) is 144 Å². The number of nitrogens with one attached hydrogen (secondary N) is 1. The molecule has 3 saturated carbocycles. The van der Waals surface area contributed by atoms with Crippen molar-refractivity contribution in [3.63, 3.8) is 0 Å². The predicted molar refractivity (Wildman–Crippen MR) is 182 cm³/mol. The Kier molecular flexibility index (Phi) is 11.7. The molecule has 4 unspecified atom stereocenters. The van der Waals surface area contributed by atoms with Gasteiger partial charge in [-0.25, -0.2) is 4.79 Å². The summed E-state index contributed by atoms with van der Waals surface area (Å²) in [5, 5.41) is 12.4. The maximum atomic E-state index is 12.7. The molecule has 0 radical (unpaired) electrons. The Hall–Kier alpha value is -1.56. The van der Waals surface area contributed by atoms with Gasteiger partial charge in [0.25, 0.3) is 0 Å². The lowest BCUT2D eigenvalue weighted by Gasteiger charge is -2.58. The number of amides is 2. The SMILES string of the molecule is CC(C)CCC[C@@H](C)[C@H]1CCC2C3CC=C4C[C@@H](OC(=O)NCCCCCC(=O)N5CCC[C@H]5CO)CCC4(C)C3CC[C@@]21C. The van der Waals surface area contributed by atoms with Crippen LogP contribution in [-0.4, -0.2) is 53.8 Å². The van der Waals surface area contributed by atoms with Gasteiger partial charge >= 0.3 is 6.09 Å². The van der Waals surface area contributed by atoms with Crippen LogP contribution in [0.4, 0.5) is 4.79 Å². The van der Waals surface area contributed by atoms with Crippen LogP contribution in [0.2, 0.25) is 0 Å². The molecule has 6 heteroatoms. The number of nitrogens with zero attached hydrogens (tertiary/aromatic N) is 1. The lowest BCUT2D eigenvalue weighted by molar-refractivity contribution is -0.132. The van der Waals surface area contributed by atoms with Gasteiger partial charge in [-0.2, -0.15) is 0 Å². The first-order valence-corrected chi connectivity index (χ1v) is 19.1. The molecule has 1 aliphatic heterocycles. The average Bonchev–Trinajstić information content (AvgIpc) is 3.63. The molecule has 4 fully saturated rings. The summed E-state index contributed by atoms with van der Waals surface area (Å²) in [6.45, 7) is 13.9. The minimum atomic E-state index is -0.287. The van der Waals surface area contributed by atoms with Crippen LogP contribution in [0.5, 0.6) is 0 Å². The van der Waals surface area contributed by atoms with E-state index in [2.05, 4.69) is 46.0 Å². The molecule has 0 aromatic carbocycles. The molecule has 5 aliphatic rings. The molecule has 5 rings (SSSR count). The van der Waals surface area contributed by atoms with Crippen molar-refractivity contribution < 1.29 is 19.4 Å². The maximum absolute atomic E-state index is 12.7. The monoisotopic (exact) mass is 627 g/mol. The van der Waals surface area contributed by atoms with Crippen molar-refractivity contribution in [2.45, 2.75) is 156 Å². The minimum Gasteiger partial charge on any atom is -0.446 e. The van der Waals surface area contributed by atoms with Gasteiger partial charge < -0.3 is 20.1 Å². The number of fused-ring (bicyclic) bond motifs is 5. The summed E-state index contributed by atoms with van der Waals surface area (Å²) in [6.07, 6.45) is 21.3. The highest BCUT2D eigenvalue weighted by atomic mass is 16.6. The van der Waals surface area contributed by atoms with Gasteiger partial charge in [-0.15, -0.1) is 0 Å². The zero-order valence-electron chi connectivity index (χ0n) is 29.5. The Morgan fingerprint density at radius 2 is 1.82 bits per heavy atom. The van der Waals surface area contributed by atoms with Crippen molar-refractivity contribution in [3.05, 3.63) is 11.6 Å². The molecule has 9 atom stereocenters. The number of alkyl carbamates (subject to hydrolysis) is 1. The number of aliphatic hydroxyl groups is 1. The van der Waals surface area contributed by atoms with Crippen LogP contribution < -0.4 is 5.32 Å². The average molecular weight is 627 g/mol. The number of aliphatic hydroxyl groups excluding tert-OH is 1. The smallest absolute Gasteiger partial charge is 0.407 e. The zero-order chi connectivity index (χ0) is 32.2. The van der Waals surface area contributed by atoms with Crippen LogP contribution in [0.25, 0.3) is 0 Å². The summed E-state index contributed by atoms with van der Waals surface area (Å²) < 4.78 is 5.96. The van der Waals surface area contributed by atoms with Gasteiger partial charge in [-0.1, -0.05) is 72.0 Å². The van der Waals surface area contributed by atoms with Crippen molar-refractivity contribution in [3.8, 4) is 0 Å². The van der Waals surface area contributed by atoms with E-state index in [1.165, 1.54) is 51.4 Å². The Labute approximate surface area is 274 Å². The molecule has 45 heavy (non-hydrogen) atoms. The van der Waals surface area contributed by atoms with Gasteiger partial charge in [-0.3, -0.25) is 4.79 Å². The van der Waals surface area contributed by atoms with Crippen molar-refractivity contribution in [2.75, 3.05) is 19.7 Å². The molecule has 0 aromatic rings. The van der Waals surface area contributed by atoms with Gasteiger partial charge in [0.05, 0.1) is 12.6 Å². The first-order valence-electron chi connectivity index (χ1n) is 19.1. The van der Waals surface area contributed by atoms with Crippen LogP contribution in [0, 0.1) is 46.3 Å². The molecule has 0 bridgehead atoms. The van der Waals surface area contributed by atoms with Gasteiger partial charge in [0.1, 0.15) is 6.10 Å². The topological polar surface area (TPSA) is 78.9 Å². The van der Waals surface area contributed by atoms with E-state index in [1.54, 1.807) is 5.57 Å². The van der Waals surface area contributed by atoms with E-state index in [1.807, 2.05) is 4.90 Å². The van der Waals surface area contributed by atoms with Crippen LogP contribution in [-0.2, 0) is 9.53 Å². The van der Waals surface area contributed by atoms with E-state index >= 15 is 0 Å². The fourth-order valence-corrected chi connectivity index (χ4v) is 11.2. The number of allylic oxidation sites excluding steroid dienone is 1. The highest BCUT2D eigenvalue weighted by molar-refractivity contribution is 5.76. The molecule has 256 valence electrons. The summed E-state index contributed by atoms with van der Waals surface area (Å²) >= 11 is 0. The summed E-state index contributed by atoms with van der Waals surface area (Å²) in [4.78, 5) is 27.0. The van der Waals surface area contributed by atoms with Crippen LogP contribution in [0.3, 0.4) is 0 Å². The molecular weight excluding hydrogens is 560 g/mol. The third-order valence-corrected chi connectivity index (χ3v) is 13.8. The molecule has 1 heterocycles. The van der Waals surface area contributed by atoms with Crippen molar-refractivity contribution >= 4 is 12.0 Å². The summed E-state index contributed by atoms with van der Waals surface area (Å²) in [7, 11) is 0. The second kappa shape index (κ2) is 15.1. The van der Waals surface area contributed by atoms with Gasteiger partial charge in [0, 0.05) is 25.9 Å². The molecule has 6 nitrogen and oxygen atoms in total. The Morgan fingerprint density at radius 1 is 1.00 bits per heavy atom. The number of rotatable bonds is 13. The Balaban J connectivity index is 1.05. The van der Waals surface area contributed by atoms with E-state index in [9.17, 15) is 14.7 Å². The van der Waals surface area contributed by atoms with Gasteiger partial charge in [0.15, 0.2) is 0 Å². The maximum Gasteiger partial charge on any atom is 0.407 e. The minimum absolute atomic E-state index is 0.00831. The molecule has 2 N–H and O–H groups in total. The lowest BCUT2D eigenvalue weighted by atomic mass is 9.47. The molecular formula is C39H66N2O4. The highest BCUT2D eigenvalue weighted by Gasteiger charge is 2.59. The number of hydrogen-bond donors (Lipinski definition) is 2. The van der Waals surface area contributed by atoms with Crippen LogP contribution in [0.15, 0.2) is 11.6 Å². The van der Waals surface area contributed by atoms with Crippen molar-refractivity contribution in [1.29, 1.82) is 0 Å². The summed E-state index contributed by atoms with van der Waals surface area (Å²) in [5.41, 5.74) is 2.36. The first kappa shape index (κ1) is 34.8. The first-order chi connectivity index (χ1) is 21.6. The predicted octanol–water partition coefficient (Wildman–Crippen LogP) is 8.67. The highest BCUT2D eigenvalue weighted by Crippen LogP contribution is 2.67. The Bertz CT molecular complexity index is 1040. The van der Waals surface area contributed by atoms with Gasteiger partial charge in [-0.05, 0) is 117 Å².